The van der Waals surface area contributed by atoms with E-state index in [0.29, 0.717) is 0 Å². The Balaban J connectivity index is 2.02. The molecule has 1 fully saturated rings. The van der Waals surface area contributed by atoms with Crippen LogP contribution in [-0.2, 0) is 4.09 Å². The van der Waals surface area contributed by atoms with Crippen LogP contribution in [0.5, 0.6) is 0 Å². The van der Waals surface area contributed by atoms with Crippen LogP contribution >= 0.6 is 0 Å². The molecule has 1 heterocycles. The number of likely N-dealkylation sites (tertiary alicyclic amines) is 1. The first kappa shape index (κ1) is 19.3. The number of benzene rings is 1. The van der Waals surface area contributed by atoms with Crippen molar-refractivity contribution >= 4 is 31.6 Å². The Kier molecular flexibility index (Phi) is 5.10. The van der Waals surface area contributed by atoms with Gasteiger partial charge in [-0.25, -0.2) is 0 Å². The molecule has 1 aliphatic carbocycles. The molecule has 25 heavy (non-hydrogen) atoms. The van der Waals surface area contributed by atoms with E-state index in [1.165, 1.54) is 43.2 Å². The van der Waals surface area contributed by atoms with E-state index in [-0.39, 0.29) is 9.63 Å². The predicted molar refractivity (Wildman–Crippen MR) is 112 cm³/mol. The normalized spacial score (nSPS) is 24.2. The molecule has 0 spiro atoms. The fourth-order valence-corrected chi connectivity index (χ4v) is 9.70. The van der Waals surface area contributed by atoms with E-state index < -0.39 is 8.24 Å². The van der Waals surface area contributed by atoms with Gasteiger partial charge in [-0.15, -0.1) is 0 Å². The Hall–Kier alpha value is -0.466. The van der Waals surface area contributed by atoms with Crippen LogP contribution in [0.15, 0.2) is 29.8 Å². The summed E-state index contributed by atoms with van der Waals surface area (Å²) in [6.45, 7) is 16.7. The van der Waals surface area contributed by atoms with Gasteiger partial charge in [0, 0.05) is 0 Å². The molecule has 3 rings (SSSR count). The summed E-state index contributed by atoms with van der Waals surface area (Å²) in [5.74, 6) is 0. The van der Waals surface area contributed by atoms with Crippen molar-refractivity contribution in [3.8, 4) is 0 Å². The third kappa shape index (κ3) is 3.81. The fraction of sp³-hybridized carbons (Fsp3) is 0.619. The monoisotopic (exact) mass is 348 g/mol. The third-order valence-corrected chi connectivity index (χ3v) is 8.91. The number of hydrogen-bond acceptors (Lipinski definition) is 2. The molecule has 1 aliphatic heterocycles. The molecule has 0 amide bonds. The van der Waals surface area contributed by atoms with Crippen LogP contribution in [0.3, 0.4) is 0 Å². The Morgan fingerprint density at radius 1 is 1.16 bits per heavy atom. The van der Waals surface area contributed by atoms with Crippen molar-refractivity contribution in [1.82, 2.24) is 9.88 Å². The van der Waals surface area contributed by atoms with E-state index >= 15 is 0 Å². The van der Waals surface area contributed by atoms with Gasteiger partial charge in [0.2, 0.25) is 0 Å². The molecule has 0 saturated carbocycles. The zero-order valence-corrected chi connectivity index (χ0v) is 18.3. The Labute approximate surface area is 164 Å². The predicted octanol–water partition coefficient (Wildman–Crippen LogP) is 4.48. The molecular weight excluding hydrogens is 315 g/mol. The van der Waals surface area contributed by atoms with Gasteiger partial charge < -0.3 is 0 Å². The Morgan fingerprint density at radius 3 is 2.36 bits per heavy atom. The van der Waals surface area contributed by atoms with E-state index in [4.69, 9.17) is 0 Å². The molecule has 2 aliphatic rings. The molecule has 1 aromatic carbocycles. The number of nitrogens with zero attached hydrogens (tertiary/aromatic N) is 1. The molecule has 0 bridgehead atoms. The van der Waals surface area contributed by atoms with E-state index in [9.17, 15) is 0 Å². The Morgan fingerprint density at radius 2 is 1.76 bits per heavy atom. The van der Waals surface area contributed by atoms with Crippen molar-refractivity contribution in [1.29, 1.82) is 0 Å². The number of allylic oxidation sites excluding steroid dienone is 1. The third-order valence-electron chi connectivity index (χ3n) is 5.89. The van der Waals surface area contributed by atoms with E-state index in [0.717, 1.165) is 0 Å². The average Bonchev–Trinajstić information content (AvgIpc) is 3.04. The molecule has 1 unspecified atom stereocenters. The summed E-state index contributed by atoms with van der Waals surface area (Å²) < 4.78 is 0.155. The molecule has 1 N–H and O–H groups in total. The molecule has 1 saturated heterocycles. The topological polar surface area (TPSA) is 15.3 Å². The molecule has 2 nitrogen and oxygen atoms in total. The van der Waals surface area contributed by atoms with Crippen molar-refractivity contribution in [3.05, 3.63) is 41.0 Å². The molecule has 1 aromatic rings. The van der Waals surface area contributed by atoms with Crippen molar-refractivity contribution < 1.29 is 0 Å². The molecule has 0 aromatic heterocycles. The fourth-order valence-electron chi connectivity index (χ4n) is 5.36. The van der Waals surface area contributed by atoms with Gasteiger partial charge in [0.15, 0.2) is 0 Å². The first-order valence-corrected chi connectivity index (χ1v) is 13.1. The van der Waals surface area contributed by atoms with Crippen molar-refractivity contribution in [2.45, 2.75) is 69.3 Å². The van der Waals surface area contributed by atoms with Crippen LogP contribution in [0, 0.1) is 0 Å². The maximum atomic E-state index is 3.99. The van der Waals surface area contributed by atoms with Gasteiger partial charge in [-0.05, 0) is 0 Å². The van der Waals surface area contributed by atoms with Crippen LogP contribution in [0.1, 0.15) is 51.7 Å². The van der Waals surface area contributed by atoms with Crippen LogP contribution in [0.25, 0.3) is 5.70 Å². The second-order valence-electron chi connectivity index (χ2n) is 9.98. The second-order valence-corrected chi connectivity index (χ2v) is 14.4. The number of rotatable bonds is 4. The molecule has 4 heteroatoms. The van der Waals surface area contributed by atoms with Crippen LogP contribution in [0.2, 0.25) is 19.1 Å². The SMILES string of the molecule is [Li][C]1(C[Si](C)(C)NC(C)(C)C)C(C)=C(N2CCCC2)c2ccccc21. The zero-order valence-electron chi connectivity index (χ0n) is 17.3. The summed E-state index contributed by atoms with van der Waals surface area (Å²) in [6, 6.07) is 10.4. The van der Waals surface area contributed by atoms with E-state index in [2.05, 4.69) is 92.7 Å². The average molecular weight is 349 g/mol. The summed E-state index contributed by atoms with van der Waals surface area (Å²) in [4.78, 5) is 6.63. The first-order valence-electron chi connectivity index (χ1n) is 9.89. The quantitative estimate of drug-likeness (QED) is 0.807. The minimum absolute atomic E-state index is 0.155. The summed E-state index contributed by atoms with van der Waals surface area (Å²) in [5.41, 5.74) is 6.35. The van der Waals surface area contributed by atoms with Gasteiger partial charge in [-0.1, -0.05) is 0 Å². The van der Waals surface area contributed by atoms with Gasteiger partial charge in [-0.3, -0.25) is 0 Å². The number of nitrogens with one attached hydrogen (secondary N) is 1. The number of hydrogen-bond donors (Lipinski definition) is 1. The first-order chi connectivity index (χ1) is 11.5. The summed E-state index contributed by atoms with van der Waals surface area (Å²) in [5, 5.41) is 0. The van der Waals surface area contributed by atoms with Gasteiger partial charge >= 0.3 is 165 Å². The van der Waals surface area contributed by atoms with Crippen molar-refractivity contribution in [3.63, 3.8) is 0 Å². The summed E-state index contributed by atoms with van der Waals surface area (Å²) in [6.07, 6.45) is 2.67. The maximum absolute atomic E-state index is 3.99. The molecule has 0 radical (unpaired) electrons. The summed E-state index contributed by atoms with van der Waals surface area (Å²) in [7, 11) is -1.56. The Bertz CT molecular complexity index is 683. The van der Waals surface area contributed by atoms with Gasteiger partial charge in [0.25, 0.3) is 0 Å². The van der Waals surface area contributed by atoms with Gasteiger partial charge in [-0.2, -0.15) is 0 Å². The van der Waals surface area contributed by atoms with Crippen molar-refractivity contribution in [2.75, 3.05) is 13.1 Å². The molecule has 132 valence electrons. The minimum atomic E-state index is -1.56. The van der Waals surface area contributed by atoms with E-state index in [1.54, 1.807) is 11.1 Å². The second kappa shape index (κ2) is 6.61. The van der Waals surface area contributed by atoms with Crippen LogP contribution < -0.4 is 4.98 Å². The van der Waals surface area contributed by atoms with Gasteiger partial charge in [0.05, 0.1) is 0 Å². The van der Waals surface area contributed by atoms with E-state index in [1.807, 2.05) is 0 Å². The molecular formula is C21H33LiN2Si. The van der Waals surface area contributed by atoms with Gasteiger partial charge in [0.1, 0.15) is 0 Å². The zero-order chi connectivity index (χ0) is 18.5. The number of fused-ring (bicyclic) bond motifs is 1. The molecule has 1 atom stereocenters. The van der Waals surface area contributed by atoms with Crippen LogP contribution in [-0.4, -0.2) is 49.5 Å². The summed E-state index contributed by atoms with van der Waals surface area (Å²) >= 11 is 2.49. The van der Waals surface area contributed by atoms with Crippen molar-refractivity contribution in [2.24, 2.45) is 0 Å². The van der Waals surface area contributed by atoms with Crippen LogP contribution in [0.4, 0.5) is 0 Å². The standard InChI is InChI=1S/C21H33N2Si.Li/c1-16-19(15-24(5,6)22-21(2,3)4)17-11-7-8-12-18(17)20(16)23-13-9-10-14-23;/h7-8,11-12,22H,9-10,13-15H2,1-6H3;.